The molecule has 1 N–H and O–H groups in total. The summed E-state index contributed by atoms with van der Waals surface area (Å²) in [4.78, 5) is 1.24. The summed E-state index contributed by atoms with van der Waals surface area (Å²) < 4.78 is 7.50. The van der Waals surface area contributed by atoms with Gasteiger partial charge in [-0.25, -0.2) is 0 Å². The molecule has 30 heavy (non-hydrogen) atoms. The third-order valence-corrected chi connectivity index (χ3v) is 6.23. The first-order valence-electron chi connectivity index (χ1n) is 9.22. The summed E-state index contributed by atoms with van der Waals surface area (Å²) in [7, 11) is 1.68. The number of hydrogen-bond acceptors (Lipinski definition) is 5. The zero-order valence-electron chi connectivity index (χ0n) is 16.9. The summed E-state index contributed by atoms with van der Waals surface area (Å²) in [5, 5.41) is 10.2. The molecule has 0 fully saturated rings. The van der Waals surface area contributed by atoms with Crippen LogP contribution in [0.15, 0.2) is 77.7 Å². The molecule has 4 rings (SSSR count). The van der Waals surface area contributed by atoms with Gasteiger partial charge in [-0.2, -0.15) is 0 Å². The molecule has 0 aliphatic rings. The number of ether oxygens (including phenoxy) is 1. The minimum Gasteiger partial charge on any atom is -1.00 e. The largest absolute Gasteiger partial charge is 1.00 e. The first-order chi connectivity index (χ1) is 14.2. The Balaban J connectivity index is 0.00000256. The van der Waals surface area contributed by atoms with Crippen LogP contribution in [-0.2, 0) is 0 Å². The third-order valence-electron chi connectivity index (χ3n) is 4.51. The van der Waals surface area contributed by atoms with Crippen molar-refractivity contribution >= 4 is 33.9 Å². The highest BCUT2D eigenvalue weighted by molar-refractivity contribution is 7.98. The maximum atomic E-state index is 5.51. The van der Waals surface area contributed by atoms with Crippen molar-refractivity contribution in [2.75, 3.05) is 18.7 Å². The molecule has 0 unspecified atom stereocenters. The van der Waals surface area contributed by atoms with E-state index in [0.717, 1.165) is 38.4 Å². The standard InChI is InChI=1S/C23H22N3OS2.ClH/c1-16-9-14-21(27-2)20(15-16)24-23-25-26(18-7-5-4-6-8-18)22(29-23)17-10-12-19(28-3)13-11-17;/h4-15H,1-3H3,(H,24,25);1H/q+1;/p-1. The van der Waals surface area contributed by atoms with Crippen LogP contribution in [0.25, 0.3) is 16.3 Å². The molecule has 0 bridgehead atoms. The van der Waals surface area contributed by atoms with Crippen molar-refractivity contribution in [2.45, 2.75) is 11.8 Å². The topological polar surface area (TPSA) is 38.0 Å². The third kappa shape index (κ3) is 4.78. The van der Waals surface area contributed by atoms with Gasteiger partial charge in [0.05, 0.1) is 18.4 Å². The Morgan fingerprint density at radius 3 is 2.40 bits per heavy atom. The quantitative estimate of drug-likeness (QED) is 0.358. The second-order valence-electron chi connectivity index (χ2n) is 6.52. The number of nitrogens with zero attached hydrogens (tertiary/aromatic N) is 2. The van der Waals surface area contributed by atoms with Crippen LogP contribution in [0.4, 0.5) is 10.8 Å². The Bertz CT molecular complexity index is 1120. The molecule has 0 radical (unpaired) electrons. The van der Waals surface area contributed by atoms with Crippen molar-refractivity contribution in [1.29, 1.82) is 0 Å². The highest BCUT2D eigenvalue weighted by atomic mass is 35.5. The highest BCUT2D eigenvalue weighted by Crippen LogP contribution is 2.33. The zero-order chi connectivity index (χ0) is 20.2. The Morgan fingerprint density at radius 2 is 1.73 bits per heavy atom. The SMILES string of the molecule is COc1ccc(C)cc1Nc1n[n+](-c2ccccc2)c(-c2ccc(SC)cc2)s1.[Cl-]. The van der Waals surface area contributed by atoms with E-state index in [2.05, 4.69) is 61.0 Å². The minimum absolute atomic E-state index is 0. The van der Waals surface area contributed by atoms with Crippen LogP contribution in [-0.4, -0.2) is 18.5 Å². The van der Waals surface area contributed by atoms with Crippen molar-refractivity contribution in [1.82, 2.24) is 5.10 Å². The van der Waals surface area contributed by atoms with E-state index in [-0.39, 0.29) is 12.4 Å². The zero-order valence-corrected chi connectivity index (χ0v) is 19.3. The van der Waals surface area contributed by atoms with Crippen molar-refractivity contribution in [3.8, 4) is 22.0 Å². The van der Waals surface area contributed by atoms with E-state index in [4.69, 9.17) is 9.84 Å². The molecule has 3 aromatic carbocycles. The van der Waals surface area contributed by atoms with E-state index in [0.29, 0.717) is 0 Å². The summed E-state index contributed by atoms with van der Waals surface area (Å²) in [5.74, 6) is 0.794. The van der Waals surface area contributed by atoms with Gasteiger partial charge in [0.15, 0.2) is 0 Å². The molecule has 0 spiro atoms. The molecule has 1 heterocycles. The van der Waals surface area contributed by atoms with E-state index in [9.17, 15) is 0 Å². The van der Waals surface area contributed by atoms with Crippen LogP contribution in [0, 0.1) is 6.92 Å². The van der Waals surface area contributed by atoms with Crippen molar-refractivity contribution < 1.29 is 21.8 Å². The summed E-state index contributed by atoms with van der Waals surface area (Å²) in [5.41, 5.74) is 4.23. The molecule has 0 aliphatic heterocycles. The van der Waals surface area contributed by atoms with Crippen LogP contribution in [0.1, 0.15) is 5.56 Å². The van der Waals surface area contributed by atoms with Crippen molar-refractivity contribution in [3.05, 3.63) is 78.4 Å². The fraction of sp³-hybridized carbons (Fsp3) is 0.130. The lowest BCUT2D eigenvalue weighted by Crippen LogP contribution is -3.00. The predicted octanol–water partition coefficient (Wildman–Crippen LogP) is 2.87. The van der Waals surface area contributed by atoms with E-state index in [1.165, 1.54) is 4.90 Å². The molecule has 4 aromatic rings. The van der Waals surface area contributed by atoms with Crippen molar-refractivity contribution in [2.24, 2.45) is 0 Å². The summed E-state index contributed by atoms with van der Waals surface area (Å²) >= 11 is 3.36. The lowest BCUT2D eigenvalue weighted by atomic mass is 10.2. The number of aromatic nitrogens is 2. The fourth-order valence-electron chi connectivity index (χ4n) is 3.04. The molecule has 4 nitrogen and oxygen atoms in total. The van der Waals surface area contributed by atoms with Gasteiger partial charge in [0.1, 0.15) is 5.75 Å². The Labute approximate surface area is 191 Å². The van der Waals surface area contributed by atoms with Gasteiger partial charge >= 0.3 is 5.01 Å². The van der Waals surface area contributed by atoms with E-state index >= 15 is 0 Å². The average molecular weight is 456 g/mol. The van der Waals surface area contributed by atoms with Gasteiger partial charge in [-0.3, -0.25) is 0 Å². The second-order valence-corrected chi connectivity index (χ2v) is 8.37. The van der Waals surface area contributed by atoms with Gasteiger partial charge in [0.2, 0.25) is 5.69 Å². The van der Waals surface area contributed by atoms with Gasteiger partial charge < -0.3 is 22.5 Å². The lowest BCUT2D eigenvalue weighted by molar-refractivity contribution is -0.642. The van der Waals surface area contributed by atoms with E-state index in [1.54, 1.807) is 30.2 Å². The molecular formula is C23H22ClN3OS2. The van der Waals surface area contributed by atoms with Crippen LogP contribution in [0.3, 0.4) is 0 Å². The molecule has 1 aromatic heterocycles. The number of para-hydroxylation sites is 1. The first kappa shape index (κ1) is 22.2. The van der Waals surface area contributed by atoms with Gasteiger partial charge in [-0.1, -0.05) is 24.3 Å². The van der Waals surface area contributed by atoms with Crippen LogP contribution >= 0.6 is 23.1 Å². The van der Waals surface area contributed by atoms with Crippen LogP contribution in [0.5, 0.6) is 5.75 Å². The van der Waals surface area contributed by atoms with Gasteiger partial charge in [0.25, 0.3) is 5.13 Å². The molecule has 0 atom stereocenters. The number of methoxy groups -OCH3 is 1. The van der Waals surface area contributed by atoms with Crippen LogP contribution in [0.2, 0.25) is 0 Å². The van der Waals surface area contributed by atoms with Crippen LogP contribution < -0.4 is 27.1 Å². The van der Waals surface area contributed by atoms with E-state index < -0.39 is 0 Å². The molecule has 7 heteroatoms. The van der Waals surface area contributed by atoms with Gasteiger partial charge in [0, 0.05) is 22.1 Å². The molecule has 154 valence electrons. The van der Waals surface area contributed by atoms with Gasteiger partial charge in [-0.15, -0.1) is 11.8 Å². The first-order valence-corrected chi connectivity index (χ1v) is 11.3. The maximum absolute atomic E-state index is 5.51. The molecule has 0 aliphatic carbocycles. The Hall–Kier alpha value is -2.54. The Kier molecular flexibility index (Phi) is 7.37. The summed E-state index contributed by atoms with van der Waals surface area (Å²) in [6, 6.07) is 24.9. The van der Waals surface area contributed by atoms with Crippen molar-refractivity contribution in [3.63, 3.8) is 0 Å². The molecule has 0 amide bonds. The maximum Gasteiger partial charge on any atom is 0.304 e. The fourth-order valence-corrected chi connectivity index (χ4v) is 4.40. The molecular weight excluding hydrogens is 434 g/mol. The number of halogens is 1. The Morgan fingerprint density at radius 1 is 1.00 bits per heavy atom. The minimum atomic E-state index is 0. The number of rotatable bonds is 6. The highest BCUT2D eigenvalue weighted by Gasteiger charge is 2.24. The monoisotopic (exact) mass is 455 g/mol. The average Bonchev–Trinajstić information content (AvgIpc) is 3.18. The number of hydrogen-bond donors (Lipinski definition) is 1. The number of thioether (sulfide) groups is 1. The normalized spacial score (nSPS) is 10.4. The number of aryl methyl sites for hydroxylation is 1. The molecule has 0 saturated heterocycles. The summed E-state index contributed by atoms with van der Waals surface area (Å²) in [6.45, 7) is 2.06. The number of anilines is 2. The van der Waals surface area contributed by atoms with Gasteiger partial charge in [-0.05, 0) is 71.2 Å². The predicted molar refractivity (Wildman–Crippen MR) is 122 cm³/mol. The second kappa shape index (κ2) is 9.98. The molecule has 0 saturated carbocycles. The van der Waals surface area contributed by atoms with E-state index in [1.807, 2.05) is 35.0 Å². The smallest absolute Gasteiger partial charge is 0.304 e. The lowest BCUT2D eigenvalue weighted by Gasteiger charge is -2.08. The number of benzene rings is 3. The number of nitrogens with one attached hydrogen (secondary N) is 1. The summed E-state index contributed by atoms with van der Waals surface area (Å²) in [6.07, 6.45) is 2.09.